The molecule has 6 heteroatoms. The van der Waals surface area contributed by atoms with Crippen molar-refractivity contribution < 1.29 is 4.79 Å². The molecule has 0 spiro atoms. The molecule has 0 bridgehead atoms. The van der Waals surface area contributed by atoms with Gasteiger partial charge < -0.3 is 5.32 Å². The minimum absolute atomic E-state index is 0.266. The molecule has 0 radical (unpaired) electrons. The van der Waals surface area contributed by atoms with Gasteiger partial charge in [-0.2, -0.15) is 5.10 Å². The Hall–Kier alpha value is -3.02. The van der Waals surface area contributed by atoms with Crippen LogP contribution in [0.1, 0.15) is 10.5 Å². The lowest BCUT2D eigenvalue weighted by Gasteiger charge is -2.10. The fourth-order valence-corrected chi connectivity index (χ4v) is 1.80. The summed E-state index contributed by atoms with van der Waals surface area (Å²) in [5.74, 6) is -0.266. The Kier molecular flexibility index (Phi) is 3.20. The topological polar surface area (TPSA) is 72.7 Å². The van der Waals surface area contributed by atoms with Gasteiger partial charge in [0.15, 0.2) is 0 Å². The van der Waals surface area contributed by atoms with E-state index in [1.54, 1.807) is 41.5 Å². The van der Waals surface area contributed by atoms with Gasteiger partial charge >= 0.3 is 0 Å². The second-order valence-corrected chi connectivity index (χ2v) is 4.03. The molecule has 0 saturated heterocycles. The maximum atomic E-state index is 12.1. The van der Waals surface area contributed by atoms with Crippen molar-refractivity contribution >= 4 is 11.6 Å². The molecule has 0 saturated carbocycles. The number of aromatic nitrogens is 4. The predicted molar refractivity (Wildman–Crippen MR) is 73.5 cm³/mol. The van der Waals surface area contributed by atoms with Gasteiger partial charge in [-0.3, -0.25) is 9.78 Å². The zero-order valence-electron chi connectivity index (χ0n) is 10.5. The molecular weight excluding hydrogens is 254 g/mol. The van der Waals surface area contributed by atoms with Gasteiger partial charge in [0.1, 0.15) is 18.3 Å². The maximum Gasteiger partial charge on any atom is 0.274 e. The average Bonchev–Trinajstić information content (AvgIpc) is 3.03. The fraction of sp³-hybridized carbons (Fsp3) is 0. The molecule has 0 atom stereocenters. The van der Waals surface area contributed by atoms with E-state index < -0.39 is 0 Å². The van der Waals surface area contributed by atoms with Crippen molar-refractivity contribution in [3.8, 4) is 5.69 Å². The first-order valence-electron chi connectivity index (χ1n) is 6.01. The van der Waals surface area contributed by atoms with Crippen molar-refractivity contribution in [2.24, 2.45) is 0 Å². The van der Waals surface area contributed by atoms with Crippen LogP contribution in [-0.2, 0) is 0 Å². The first-order chi connectivity index (χ1) is 9.84. The highest BCUT2D eigenvalue weighted by Crippen LogP contribution is 2.19. The molecule has 2 heterocycles. The highest BCUT2D eigenvalue weighted by atomic mass is 16.1. The lowest BCUT2D eigenvalue weighted by Crippen LogP contribution is -2.15. The number of amides is 1. The Morgan fingerprint density at radius 3 is 2.70 bits per heavy atom. The number of nitrogens with zero attached hydrogens (tertiary/aromatic N) is 4. The maximum absolute atomic E-state index is 12.1. The van der Waals surface area contributed by atoms with E-state index in [2.05, 4.69) is 20.4 Å². The van der Waals surface area contributed by atoms with Gasteiger partial charge in [-0.05, 0) is 24.3 Å². The number of carbonyl (C=O) groups excluding carboxylic acids is 1. The zero-order valence-corrected chi connectivity index (χ0v) is 10.5. The second kappa shape index (κ2) is 5.31. The SMILES string of the molecule is O=C(Nc1ccccc1-n1cncn1)c1ccccn1. The normalized spacial score (nSPS) is 10.2. The highest BCUT2D eigenvalue weighted by Gasteiger charge is 2.10. The van der Waals surface area contributed by atoms with Crippen LogP contribution in [0.2, 0.25) is 0 Å². The minimum Gasteiger partial charge on any atom is -0.319 e. The van der Waals surface area contributed by atoms with E-state index in [0.29, 0.717) is 11.4 Å². The third kappa shape index (κ3) is 2.39. The quantitative estimate of drug-likeness (QED) is 0.785. The predicted octanol–water partition coefficient (Wildman–Crippen LogP) is 1.91. The van der Waals surface area contributed by atoms with Crippen LogP contribution in [0.25, 0.3) is 5.69 Å². The van der Waals surface area contributed by atoms with E-state index >= 15 is 0 Å². The number of pyridine rings is 1. The second-order valence-electron chi connectivity index (χ2n) is 4.03. The van der Waals surface area contributed by atoms with Gasteiger partial charge in [-0.25, -0.2) is 9.67 Å². The summed E-state index contributed by atoms with van der Waals surface area (Å²) in [7, 11) is 0. The average molecular weight is 265 g/mol. The number of nitrogens with one attached hydrogen (secondary N) is 1. The smallest absolute Gasteiger partial charge is 0.274 e. The molecule has 3 rings (SSSR count). The Balaban J connectivity index is 1.90. The summed E-state index contributed by atoms with van der Waals surface area (Å²) >= 11 is 0. The molecule has 0 aliphatic heterocycles. The lowest BCUT2D eigenvalue weighted by atomic mass is 10.2. The molecule has 20 heavy (non-hydrogen) atoms. The minimum atomic E-state index is -0.266. The van der Waals surface area contributed by atoms with E-state index in [4.69, 9.17) is 0 Å². The standard InChI is InChI=1S/C14H11N5O/c20-14(12-6-3-4-8-16-12)18-11-5-1-2-7-13(11)19-10-15-9-17-19/h1-10H,(H,18,20). The number of carbonyl (C=O) groups is 1. The summed E-state index contributed by atoms with van der Waals surface area (Å²) in [4.78, 5) is 20.0. The third-order valence-corrected chi connectivity index (χ3v) is 2.72. The molecule has 0 aliphatic carbocycles. The number of anilines is 1. The van der Waals surface area contributed by atoms with Crippen LogP contribution in [0.4, 0.5) is 5.69 Å². The highest BCUT2D eigenvalue weighted by molar-refractivity contribution is 6.03. The van der Waals surface area contributed by atoms with Crippen LogP contribution in [0, 0.1) is 0 Å². The monoisotopic (exact) mass is 265 g/mol. The van der Waals surface area contributed by atoms with Gasteiger partial charge in [0, 0.05) is 6.20 Å². The molecule has 6 nitrogen and oxygen atoms in total. The largest absolute Gasteiger partial charge is 0.319 e. The molecule has 3 aromatic rings. The fourth-order valence-electron chi connectivity index (χ4n) is 1.80. The van der Waals surface area contributed by atoms with E-state index in [1.807, 2.05) is 18.2 Å². The first-order valence-corrected chi connectivity index (χ1v) is 6.01. The van der Waals surface area contributed by atoms with Crippen molar-refractivity contribution in [3.05, 3.63) is 67.0 Å². The third-order valence-electron chi connectivity index (χ3n) is 2.72. The summed E-state index contributed by atoms with van der Waals surface area (Å²) in [5.41, 5.74) is 1.75. The summed E-state index contributed by atoms with van der Waals surface area (Å²) in [6.07, 6.45) is 4.60. The molecule has 0 fully saturated rings. The molecule has 98 valence electrons. The Morgan fingerprint density at radius 1 is 1.10 bits per heavy atom. The first kappa shape index (κ1) is 12.0. The molecular formula is C14H11N5O. The van der Waals surface area contributed by atoms with E-state index in [9.17, 15) is 4.79 Å². The zero-order chi connectivity index (χ0) is 13.8. The van der Waals surface area contributed by atoms with Crippen LogP contribution in [-0.4, -0.2) is 25.7 Å². The number of hydrogen-bond donors (Lipinski definition) is 1. The van der Waals surface area contributed by atoms with Gasteiger partial charge in [0.05, 0.1) is 11.4 Å². The van der Waals surface area contributed by atoms with Gasteiger partial charge in [0.25, 0.3) is 5.91 Å². The van der Waals surface area contributed by atoms with Gasteiger partial charge in [-0.1, -0.05) is 18.2 Å². The van der Waals surface area contributed by atoms with E-state index in [0.717, 1.165) is 5.69 Å². The number of para-hydroxylation sites is 2. The number of rotatable bonds is 3. The molecule has 0 unspecified atom stereocenters. The molecule has 1 N–H and O–H groups in total. The van der Waals surface area contributed by atoms with Crippen LogP contribution < -0.4 is 5.32 Å². The van der Waals surface area contributed by atoms with Crippen LogP contribution >= 0.6 is 0 Å². The van der Waals surface area contributed by atoms with Gasteiger partial charge in [-0.15, -0.1) is 0 Å². The summed E-state index contributed by atoms with van der Waals surface area (Å²) in [6, 6.07) is 12.6. The molecule has 1 amide bonds. The summed E-state index contributed by atoms with van der Waals surface area (Å²) < 4.78 is 1.59. The van der Waals surface area contributed by atoms with Crippen molar-refractivity contribution in [1.82, 2.24) is 19.7 Å². The number of hydrogen-bond acceptors (Lipinski definition) is 4. The van der Waals surface area contributed by atoms with Crippen LogP contribution in [0.15, 0.2) is 61.3 Å². The molecule has 1 aromatic carbocycles. The van der Waals surface area contributed by atoms with Crippen LogP contribution in [0.3, 0.4) is 0 Å². The van der Waals surface area contributed by atoms with Crippen molar-refractivity contribution in [2.75, 3.05) is 5.32 Å². The van der Waals surface area contributed by atoms with Crippen molar-refractivity contribution in [3.63, 3.8) is 0 Å². The van der Waals surface area contributed by atoms with E-state index in [1.165, 1.54) is 6.33 Å². The number of benzene rings is 1. The lowest BCUT2D eigenvalue weighted by molar-refractivity contribution is 0.102. The van der Waals surface area contributed by atoms with Gasteiger partial charge in [0.2, 0.25) is 0 Å². The van der Waals surface area contributed by atoms with Crippen LogP contribution in [0.5, 0.6) is 0 Å². The summed E-state index contributed by atoms with van der Waals surface area (Å²) in [5, 5.41) is 6.89. The summed E-state index contributed by atoms with van der Waals surface area (Å²) in [6.45, 7) is 0. The Labute approximate surface area is 115 Å². The van der Waals surface area contributed by atoms with Crippen molar-refractivity contribution in [2.45, 2.75) is 0 Å². The Bertz CT molecular complexity index is 709. The Morgan fingerprint density at radius 2 is 1.95 bits per heavy atom. The van der Waals surface area contributed by atoms with E-state index in [-0.39, 0.29) is 5.91 Å². The molecule has 0 aliphatic rings. The molecule has 2 aromatic heterocycles. The van der Waals surface area contributed by atoms with Crippen molar-refractivity contribution in [1.29, 1.82) is 0 Å².